The molecule has 7 rings (SSSR count). The summed E-state index contributed by atoms with van der Waals surface area (Å²) in [4.78, 5) is 40.0. The smallest absolute Gasteiger partial charge is 0.380 e. The van der Waals surface area contributed by atoms with Gasteiger partial charge in [-0.3, -0.25) is 24.9 Å². The van der Waals surface area contributed by atoms with Crippen LogP contribution < -0.4 is 37.2 Å². The van der Waals surface area contributed by atoms with Crippen LogP contribution in [0, 0.1) is 12.8 Å². The van der Waals surface area contributed by atoms with E-state index in [0.29, 0.717) is 0 Å². The molecular formula is C108H243N17V. The summed E-state index contributed by atoms with van der Waals surface area (Å²) in [6.45, 7) is 120. The molecule has 18 heteroatoms. The SMILES string of the molecule is C.C.C.C.C.C.C.C.C.CC.CC.CC.CC.CC.CC.CC.CC.CC.CC.CC.CC.CC.CC.CC.CC.CC(C)(C)Nc1ccccn1.CC(C)(C)Nc1cccnc1.CC(C)(C)Nc1cccnc1.CC(C)(C)Nc1ccncc1.CC(C)(C)Nc1ccncn1.CC(C)(C)Nc1cnccn1.CC(C)(C)Nc1cnccn1.C[C-](C)C.[CH2-]CC.[V+2]. The van der Waals surface area contributed by atoms with Crippen molar-refractivity contribution in [2.24, 2.45) is 0 Å². The molecule has 0 aliphatic rings. The van der Waals surface area contributed by atoms with Crippen LogP contribution in [0.4, 0.5) is 40.3 Å². The zero-order valence-electron chi connectivity index (χ0n) is 88.8. The minimum absolute atomic E-state index is 0. The van der Waals surface area contributed by atoms with Crippen molar-refractivity contribution in [3.63, 3.8) is 0 Å². The zero-order chi connectivity index (χ0) is 96.5. The maximum Gasteiger partial charge on any atom is 2.00 e. The van der Waals surface area contributed by atoms with Gasteiger partial charge in [-0.25, -0.2) is 24.9 Å². The summed E-state index contributed by atoms with van der Waals surface area (Å²) in [5.41, 5.74) is 3.87. The third kappa shape index (κ3) is 223. The largest absolute Gasteiger partial charge is 2.00 e. The molecule has 0 amide bonds. The molecule has 17 nitrogen and oxygen atoms in total. The van der Waals surface area contributed by atoms with Crippen LogP contribution in [0.1, 0.15) is 468 Å². The summed E-state index contributed by atoms with van der Waals surface area (Å²) in [7, 11) is 0. The monoisotopic (exact) mass is 1830 g/mol. The Bertz CT molecular complexity index is 2080. The fourth-order valence-corrected chi connectivity index (χ4v) is 5.67. The number of anilines is 7. The molecule has 0 fully saturated rings. The Kier molecular flexibility index (Phi) is 247. The Morgan fingerprint density at radius 3 is 0.635 bits per heavy atom. The molecule has 0 unspecified atom stereocenters. The van der Waals surface area contributed by atoms with Crippen molar-refractivity contribution in [1.82, 2.24) is 49.8 Å². The van der Waals surface area contributed by atoms with Gasteiger partial charge < -0.3 is 50.1 Å². The summed E-state index contributed by atoms with van der Waals surface area (Å²) in [5.74, 6) is 4.85. The first-order valence-electron chi connectivity index (χ1n) is 44.6. The van der Waals surface area contributed by atoms with Crippen LogP contribution in [-0.2, 0) is 18.6 Å². The maximum atomic E-state index is 4.15. The Hall–Kier alpha value is -6.98. The van der Waals surface area contributed by atoms with Crippen molar-refractivity contribution in [3.05, 3.63) is 167 Å². The number of rotatable bonds is 7. The standard InChI is InChI=1S/4C9H14N2.3C8H13N3.C4H9.C3H7.16C2H6.9CH4.V/c1-9(2,3)11-8-4-6-10-7-5-8;2*1-9(2,3)11-8-5-4-6-10-7-8;1-9(2,3)11-8-6-4-5-7-10-8;2*1-8(2,3)11-7-6-9-4-5-10-7;1-8(2,3)11-7-4-5-9-6-10-7;1-4(2)3;1-3-2;16*1-2;;;;;;;;;;/h4-7H,1-3H3,(H,10,11);2*4-7,11H,1-3H3;4-7H,1-3H3,(H,10,11);2*4-6H,1-3H3,(H,10,11);4-6H,1-3H3,(H,9,10,11);1-3H3;1,3H2,2H3;16*1-2H3;9*1H4;/q;;;;;;;2*-1;;;;;;;;;;;;;;;;;;;;;;;;;;+2. The van der Waals surface area contributed by atoms with E-state index in [0.717, 1.165) is 46.8 Å². The van der Waals surface area contributed by atoms with E-state index in [9.17, 15) is 0 Å². The van der Waals surface area contributed by atoms with Crippen LogP contribution in [0.5, 0.6) is 0 Å². The first-order chi connectivity index (χ1) is 54.7. The van der Waals surface area contributed by atoms with Gasteiger partial charge in [0, 0.05) is 119 Å². The van der Waals surface area contributed by atoms with Crippen LogP contribution in [-0.4, -0.2) is 88.6 Å². The fourth-order valence-electron chi connectivity index (χ4n) is 5.67. The first kappa shape index (κ1) is 200. The van der Waals surface area contributed by atoms with Crippen LogP contribution in [0.2, 0.25) is 0 Å². The van der Waals surface area contributed by atoms with E-state index in [1.54, 1.807) is 74.4 Å². The summed E-state index contributed by atoms with van der Waals surface area (Å²) in [6, 6.07) is 19.5. The van der Waals surface area contributed by atoms with Gasteiger partial charge in [0.1, 0.15) is 29.6 Å². The summed E-state index contributed by atoms with van der Waals surface area (Å²) in [5, 5.41) is 22.9. The van der Waals surface area contributed by atoms with Gasteiger partial charge in [-0.1, -0.05) is 301 Å². The van der Waals surface area contributed by atoms with Gasteiger partial charge in [0.15, 0.2) is 0 Å². The Labute approximate surface area is 814 Å². The average molecular weight is 1830 g/mol. The Balaban J connectivity index is -0.0000000316. The van der Waals surface area contributed by atoms with Gasteiger partial charge in [-0.05, 0) is 200 Å². The predicted octanol–water partition coefficient (Wildman–Crippen LogP) is 39.2. The molecule has 0 bridgehead atoms. The number of pyridine rings is 4. The molecule has 7 aromatic rings. The maximum absolute atomic E-state index is 4.15. The number of hydrogen-bond donors (Lipinski definition) is 7. The molecule has 0 saturated carbocycles. The average Bonchev–Trinajstić information content (AvgIpc) is 0.964. The second-order valence-corrected chi connectivity index (χ2v) is 26.8. The van der Waals surface area contributed by atoms with E-state index in [-0.39, 0.29) is 124 Å². The van der Waals surface area contributed by atoms with Gasteiger partial charge in [0.2, 0.25) is 0 Å². The van der Waals surface area contributed by atoms with E-state index in [1.807, 2.05) is 302 Å². The molecule has 0 aliphatic carbocycles. The molecule has 0 aromatic carbocycles. The summed E-state index contributed by atoms with van der Waals surface area (Å²) < 4.78 is 0. The molecule has 0 saturated heterocycles. The van der Waals surface area contributed by atoms with Crippen LogP contribution in [0.3, 0.4) is 0 Å². The van der Waals surface area contributed by atoms with Crippen LogP contribution in [0.15, 0.2) is 154 Å². The van der Waals surface area contributed by atoms with Crippen LogP contribution in [0.25, 0.3) is 0 Å². The van der Waals surface area contributed by atoms with Crippen molar-refractivity contribution in [2.45, 2.75) is 507 Å². The van der Waals surface area contributed by atoms with E-state index in [4.69, 9.17) is 0 Å². The molecule has 0 aliphatic heterocycles. The molecule has 765 valence electrons. The molecule has 126 heavy (non-hydrogen) atoms. The number of nitrogens with zero attached hydrogens (tertiary/aromatic N) is 10. The first-order valence-corrected chi connectivity index (χ1v) is 44.6. The van der Waals surface area contributed by atoms with Gasteiger partial charge >= 0.3 is 18.6 Å². The minimum atomic E-state index is 0. The zero-order valence-corrected chi connectivity index (χ0v) is 90.2. The van der Waals surface area contributed by atoms with E-state index in [2.05, 4.69) is 260 Å². The second-order valence-electron chi connectivity index (χ2n) is 26.8. The quantitative estimate of drug-likeness (QED) is 0.0739. The number of aromatic nitrogens is 10. The summed E-state index contributed by atoms with van der Waals surface area (Å²) >= 11 is 0. The fraction of sp³-hybridized carbons (Fsp3) is 0.685. The predicted molar refractivity (Wildman–Crippen MR) is 605 cm³/mol. The van der Waals surface area contributed by atoms with Crippen molar-refractivity contribution in [3.8, 4) is 0 Å². The normalized spacial score (nSPS) is 8.02. The Morgan fingerprint density at radius 1 is 0.230 bits per heavy atom. The van der Waals surface area contributed by atoms with Crippen molar-refractivity contribution in [2.75, 3.05) is 37.2 Å². The Morgan fingerprint density at radius 2 is 0.444 bits per heavy atom. The number of hydrogen-bond acceptors (Lipinski definition) is 17. The van der Waals surface area contributed by atoms with Gasteiger partial charge in [0.05, 0.1) is 23.8 Å². The molecule has 7 heterocycles. The third-order valence-corrected chi connectivity index (χ3v) is 7.95. The summed E-state index contributed by atoms with van der Waals surface area (Å²) in [6.07, 6.45) is 26.9. The minimum Gasteiger partial charge on any atom is -0.380 e. The van der Waals surface area contributed by atoms with Crippen molar-refractivity contribution < 1.29 is 18.6 Å². The van der Waals surface area contributed by atoms with Crippen LogP contribution >= 0.6 is 0 Å². The number of nitrogens with one attached hydrogen (secondary N) is 7. The second kappa shape index (κ2) is 155. The van der Waals surface area contributed by atoms with E-state index < -0.39 is 0 Å². The molecule has 1 radical (unpaired) electrons. The van der Waals surface area contributed by atoms with Crippen molar-refractivity contribution in [1.29, 1.82) is 0 Å². The molecule has 0 atom stereocenters. The van der Waals surface area contributed by atoms with Crippen molar-refractivity contribution >= 4 is 40.3 Å². The molecule has 7 N–H and O–H groups in total. The van der Waals surface area contributed by atoms with Gasteiger partial charge in [-0.15, -0.1) is 0 Å². The van der Waals surface area contributed by atoms with Gasteiger partial charge in [0.25, 0.3) is 0 Å². The molecule has 0 spiro atoms. The van der Waals surface area contributed by atoms with Gasteiger partial charge in [-0.2, -0.15) is 27.2 Å². The molecule has 7 aromatic heterocycles. The van der Waals surface area contributed by atoms with E-state index in [1.165, 1.54) is 12.2 Å². The topological polar surface area (TPSA) is 213 Å². The third-order valence-electron chi connectivity index (χ3n) is 7.95. The van der Waals surface area contributed by atoms with E-state index >= 15 is 0 Å². The molecular weight excluding hydrogens is 1590 g/mol.